The maximum atomic E-state index is 11.3. The fourth-order valence-corrected chi connectivity index (χ4v) is 1.76. The van der Waals surface area contributed by atoms with Crippen molar-refractivity contribution in [3.63, 3.8) is 0 Å². The molecule has 0 spiro atoms. The molecule has 1 aromatic carbocycles. The van der Waals surface area contributed by atoms with Gasteiger partial charge in [0.15, 0.2) is 5.78 Å². The molecule has 0 fully saturated rings. The third kappa shape index (κ3) is 1.75. The summed E-state index contributed by atoms with van der Waals surface area (Å²) in [5.74, 6) is 1.53. The number of fused-ring (bicyclic) bond motifs is 1. The second-order valence-corrected chi connectivity index (χ2v) is 3.66. The molecule has 0 heterocycles. The van der Waals surface area contributed by atoms with Crippen molar-refractivity contribution in [3.05, 3.63) is 29.3 Å². The molecule has 0 unspecified atom stereocenters. The first-order valence-corrected chi connectivity index (χ1v) is 5.19. The summed E-state index contributed by atoms with van der Waals surface area (Å²) < 4.78 is 5.37. The molecule has 2 nitrogen and oxygen atoms in total. The minimum absolute atomic E-state index is 0.240. The topological polar surface area (TPSA) is 26.3 Å². The average Bonchev–Trinajstić information content (AvgIpc) is 2.57. The van der Waals surface area contributed by atoms with Crippen molar-refractivity contribution in [3.8, 4) is 5.75 Å². The van der Waals surface area contributed by atoms with Gasteiger partial charge in [0.25, 0.3) is 0 Å². The van der Waals surface area contributed by atoms with E-state index in [2.05, 4.69) is 0 Å². The zero-order valence-electron chi connectivity index (χ0n) is 7.75. The average molecular weight is 211 g/mol. The van der Waals surface area contributed by atoms with E-state index in [0.29, 0.717) is 18.9 Å². The molecule has 3 heteroatoms. The highest BCUT2D eigenvalue weighted by atomic mass is 35.5. The number of ketones is 1. The summed E-state index contributed by atoms with van der Waals surface area (Å²) in [4.78, 5) is 11.3. The Morgan fingerprint density at radius 2 is 2.21 bits per heavy atom. The van der Waals surface area contributed by atoms with E-state index < -0.39 is 0 Å². The number of Topliss-reactive ketones (excluding diaryl/α,β-unsaturated/α-hetero) is 1. The van der Waals surface area contributed by atoms with E-state index in [4.69, 9.17) is 16.3 Å². The number of benzene rings is 1. The van der Waals surface area contributed by atoms with Gasteiger partial charge in [0.05, 0.1) is 5.88 Å². The van der Waals surface area contributed by atoms with Gasteiger partial charge in [-0.15, -0.1) is 11.6 Å². The van der Waals surface area contributed by atoms with Crippen LogP contribution in [0.25, 0.3) is 0 Å². The number of hydrogen-bond acceptors (Lipinski definition) is 2. The number of carbonyl (C=O) groups excluding carboxylic acids is 1. The van der Waals surface area contributed by atoms with Crippen LogP contribution < -0.4 is 4.74 Å². The van der Waals surface area contributed by atoms with E-state index in [-0.39, 0.29) is 5.78 Å². The highest BCUT2D eigenvalue weighted by Gasteiger charge is 2.19. The fraction of sp³-hybridized carbons (Fsp3) is 0.364. The maximum Gasteiger partial charge on any atom is 0.163 e. The van der Waals surface area contributed by atoms with Gasteiger partial charge in [0.2, 0.25) is 0 Å². The summed E-state index contributed by atoms with van der Waals surface area (Å²) in [6.45, 7) is 0.508. The molecule has 2 rings (SSSR count). The normalized spacial score (nSPS) is 14.2. The Morgan fingerprint density at radius 1 is 1.36 bits per heavy atom. The Labute approximate surface area is 87.8 Å². The van der Waals surface area contributed by atoms with Gasteiger partial charge in [0, 0.05) is 12.0 Å². The Kier molecular flexibility index (Phi) is 2.73. The molecule has 1 aliphatic carbocycles. The van der Waals surface area contributed by atoms with Crippen molar-refractivity contribution in [1.29, 1.82) is 0 Å². The molecule has 0 atom stereocenters. The van der Waals surface area contributed by atoms with Crippen LogP contribution in [0, 0.1) is 0 Å². The van der Waals surface area contributed by atoms with E-state index >= 15 is 0 Å². The van der Waals surface area contributed by atoms with E-state index in [1.54, 1.807) is 0 Å². The first kappa shape index (κ1) is 9.53. The van der Waals surface area contributed by atoms with Crippen molar-refractivity contribution < 1.29 is 9.53 Å². The summed E-state index contributed by atoms with van der Waals surface area (Å²) in [6, 6.07) is 5.61. The fourth-order valence-electron chi connectivity index (χ4n) is 1.68. The van der Waals surface area contributed by atoms with Crippen LogP contribution in [0.3, 0.4) is 0 Å². The molecule has 0 aliphatic heterocycles. The van der Waals surface area contributed by atoms with E-state index in [9.17, 15) is 4.79 Å². The SMILES string of the molecule is O=C1CCc2cc(OCCCl)ccc21. The van der Waals surface area contributed by atoms with Crippen LogP contribution >= 0.6 is 11.6 Å². The number of ether oxygens (including phenoxy) is 1. The minimum Gasteiger partial charge on any atom is -0.492 e. The minimum atomic E-state index is 0.240. The third-order valence-electron chi connectivity index (χ3n) is 2.34. The Morgan fingerprint density at radius 3 is 3.00 bits per heavy atom. The predicted molar refractivity (Wildman–Crippen MR) is 55.3 cm³/mol. The third-order valence-corrected chi connectivity index (χ3v) is 2.50. The van der Waals surface area contributed by atoms with Crippen LogP contribution in [-0.4, -0.2) is 18.3 Å². The standard InChI is InChI=1S/C11H11ClO2/c12-5-6-14-9-2-3-10-8(7-9)1-4-11(10)13/h2-3,7H,1,4-6H2. The highest BCUT2D eigenvalue weighted by molar-refractivity contribution is 6.18. The lowest BCUT2D eigenvalue weighted by Crippen LogP contribution is -1.99. The predicted octanol–water partition coefficient (Wildman–Crippen LogP) is 2.43. The second-order valence-electron chi connectivity index (χ2n) is 3.28. The van der Waals surface area contributed by atoms with Crippen LogP contribution in [0.5, 0.6) is 5.75 Å². The largest absolute Gasteiger partial charge is 0.492 e. The second kappa shape index (κ2) is 4.01. The van der Waals surface area contributed by atoms with Crippen LogP contribution in [0.2, 0.25) is 0 Å². The first-order valence-electron chi connectivity index (χ1n) is 4.66. The van der Waals surface area contributed by atoms with Crippen LogP contribution in [0.4, 0.5) is 0 Å². The molecule has 1 aromatic rings. The number of rotatable bonds is 3. The van der Waals surface area contributed by atoms with Gasteiger partial charge in [-0.05, 0) is 30.2 Å². The first-order chi connectivity index (χ1) is 6.81. The summed E-state index contributed by atoms with van der Waals surface area (Å²) in [5, 5.41) is 0. The Hall–Kier alpha value is -1.02. The van der Waals surface area contributed by atoms with E-state index in [1.807, 2.05) is 18.2 Å². The smallest absolute Gasteiger partial charge is 0.163 e. The summed E-state index contributed by atoms with van der Waals surface area (Å²) >= 11 is 5.51. The summed E-state index contributed by atoms with van der Waals surface area (Å²) in [6.07, 6.45) is 1.47. The van der Waals surface area contributed by atoms with Crippen molar-refractivity contribution in [2.24, 2.45) is 0 Å². The molecule has 0 N–H and O–H groups in total. The highest BCUT2D eigenvalue weighted by Crippen LogP contribution is 2.25. The molecule has 0 saturated carbocycles. The van der Waals surface area contributed by atoms with Gasteiger partial charge in [-0.25, -0.2) is 0 Å². The molecular weight excluding hydrogens is 200 g/mol. The van der Waals surface area contributed by atoms with Crippen molar-refractivity contribution in [2.45, 2.75) is 12.8 Å². The zero-order chi connectivity index (χ0) is 9.97. The lowest BCUT2D eigenvalue weighted by Gasteiger charge is -2.05. The van der Waals surface area contributed by atoms with Crippen molar-refractivity contribution >= 4 is 17.4 Å². The zero-order valence-corrected chi connectivity index (χ0v) is 8.51. The Bertz CT molecular complexity index is 360. The van der Waals surface area contributed by atoms with Gasteiger partial charge in [-0.3, -0.25) is 4.79 Å². The molecule has 1 aliphatic rings. The molecule has 0 bridgehead atoms. The molecule has 74 valence electrons. The molecule has 0 aromatic heterocycles. The number of alkyl halides is 1. The lowest BCUT2D eigenvalue weighted by atomic mass is 10.1. The van der Waals surface area contributed by atoms with E-state index in [1.165, 1.54) is 0 Å². The number of hydrogen-bond donors (Lipinski definition) is 0. The summed E-state index contributed by atoms with van der Waals surface area (Å²) in [7, 11) is 0. The van der Waals surface area contributed by atoms with Gasteiger partial charge in [-0.2, -0.15) is 0 Å². The number of halogens is 1. The summed E-state index contributed by atoms with van der Waals surface area (Å²) in [5.41, 5.74) is 1.95. The monoisotopic (exact) mass is 210 g/mol. The van der Waals surface area contributed by atoms with Crippen molar-refractivity contribution in [1.82, 2.24) is 0 Å². The van der Waals surface area contributed by atoms with Gasteiger partial charge in [-0.1, -0.05) is 0 Å². The Balaban J connectivity index is 2.19. The van der Waals surface area contributed by atoms with Crippen LogP contribution in [0.1, 0.15) is 22.3 Å². The van der Waals surface area contributed by atoms with Gasteiger partial charge >= 0.3 is 0 Å². The number of carbonyl (C=O) groups is 1. The lowest BCUT2D eigenvalue weighted by molar-refractivity contribution is 0.0994. The van der Waals surface area contributed by atoms with Crippen molar-refractivity contribution in [2.75, 3.05) is 12.5 Å². The van der Waals surface area contributed by atoms with Crippen LogP contribution in [-0.2, 0) is 6.42 Å². The van der Waals surface area contributed by atoms with Gasteiger partial charge in [0.1, 0.15) is 12.4 Å². The molecule has 0 amide bonds. The number of aryl methyl sites for hydroxylation is 1. The maximum absolute atomic E-state index is 11.3. The van der Waals surface area contributed by atoms with Crippen LogP contribution in [0.15, 0.2) is 18.2 Å². The van der Waals surface area contributed by atoms with Gasteiger partial charge < -0.3 is 4.74 Å². The molecular formula is C11H11ClO2. The molecule has 14 heavy (non-hydrogen) atoms. The molecule has 0 saturated heterocycles. The van der Waals surface area contributed by atoms with E-state index in [0.717, 1.165) is 23.3 Å². The molecule has 0 radical (unpaired) electrons. The quantitative estimate of drug-likeness (QED) is 0.717.